The molecule has 3 aromatic rings. The summed E-state index contributed by atoms with van der Waals surface area (Å²) in [5.41, 5.74) is 2.42. The molecule has 2 aromatic carbocycles. The molecule has 0 fully saturated rings. The number of anilines is 1. The topological polar surface area (TPSA) is 57.8 Å². The van der Waals surface area contributed by atoms with Crippen LogP contribution < -0.4 is 5.32 Å². The van der Waals surface area contributed by atoms with Crippen LogP contribution in [0.2, 0.25) is 0 Å². The number of amides is 1. The number of carbonyl (C=O) groups is 1. The van der Waals surface area contributed by atoms with Crippen LogP contribution in [0.3, 0.4) is 0 Å². The van der Waals surface area contributed by atoms with Gasteiger partial charge in [-0.1, -0.05) is 13.0 Å². The van der Waals surface area contributed by atoms with Crippen LogP contribution in [-0.4, -0.2) is 15.9 Å². The Morgan fingerprint density at radius 1 is 1.15 bits per heavy atom. The minimum atomic E-state index is -4.38. The van der Waals surface area contributed by atoms with Crippen LogP contribution in [0.1, 0.15) is 30.3 Å². The first kappa shape index (κ1) is 18.0. The van der Waals surface area contributed by atoms with Crippen LogP contribution in [-0.2, 0) is 23.8 Å². The summed E-state index contributed by atoms with van der Waals surface area (Å²) >= 11 is 0. The summed E-state index contributed by atoms with van der Waals surface area (Å²) in [6.07, 6.45) is -2.80. The molecule has 0 atom stereocenters. The second-order valence-electron chi connectivity index (χ2n) is 6.01. The van der Waals surface area contributed by atoms with E-state index in [0.717, 1.165) is 41.0 Å². The first-order valence-electron chi connectivity index (χ1n) is 8.30. The Hall–Kier alpha value is -2.83. The van der Waals surface area contributed by atoms with Crippen molar-refractivity contribution >= 4 is 22.6 Å². The number of halogens is 3. The minimum absolute atomic E-state index is 0.237. The number of aryl methyl sites for hydroxylation is 2. The van der Waals surface area contributed by atoms with Gasteiger partial charge in [0, 0.05) is 18.5 Å². The zero-order valence-electron chi connectivity index (χ0n) is 14.2. The van der Waals surface area contributed by atoms with Crippen molar-refractivity contribution in [1.29, 1.82) is 0 Å². The van der Waals surface area contributed by atoms with Gasteiger partial charge in [-0.05, 0) is 48.4 Å². The number of aromatic nitrogens is 2. The summed E-state index contributed by atoms with van der Waals surface area (Å²) in [7, 11) is 0. The van der Waals surface area contributed by atoms with Crippen LogP contribution >= 0.6 is 0 Å². The van der Waals surface area contributed by atoms with E-state index in [2.05, 4.69) is 15.3 Å². The number of H-pyrrole nitrogens is 1. The molecule has 7 heteroatoms. The van der Waals surface area contributed by atoms with Crippen molar-refractivity contribution in [2.45, 2.75) is 32.4 Å². The molecule has 0 bridgehead atoms. The molecule has 26 heavy (non-hydrogen) atoms. The number of hydrogen-bond donors (Lipinski definition) is 2. The van der Waals surface area contributed by atoms with E-state index in [1.54, 1.807) is 0 Å². The molecule has 0 aliphatic heterocycles. The van der Waals surface area contributed by atoms with Crippen LogP contribution in [0.25, 0.3) is 11.0 Å². The lowest BCUT2D eigenvalue weighted by Gasteiger charge is -2.09. The van der Waals surface area contributed by atoms with E-state index in [4.69, 9.17) is 0 Å². The van der Waals surface area contributed by atoms with Gasteiger partial charge in [0.1, 0.15) is 5.82 Å². The van der Waals surface area contributed by atoms with Crippen molar-refractivity contribution < 1.29 is 18.0 Å². The lowest BCUT2D eigenvalue weighted by atomic mass is 10.1. The second-order valence-corrected chi connectivity index (χ2v) is 6.01. The van der Waals surface area contributed by atoms with E-state index in [1.807, 2.05) is 25.1 Å². The molecule has 4 nitrogen and oxygen atoms in total. The van der Waals surface area contributed by atoms with E-state index in [9.17, 15) is 18.0 Å². The Bertz CT molecular complexity index is 914. The molecule has 2 N–H and O–H groups in total. The molecule has 0 radical (unpaired) electrons. The van der Waals surface area contributed by atoms with Crippen LogP contribution in [0.5, 0.6) is 0 Å². The van der Waals surface area contributed by atoms with Crippen molar-refractivity contribution in [2.75, 3.05) is 5.32 Å². The molecule has 3 rings (SSSR count). The highest BCUT2D eigenvalue weighted by Gasteiger charge is 2.29. The summed E-state index contributed by atoms with van der Waals surface area (Å²) in [5, 5.41) is 2.61. The third kappa shape index (κ3) is 4.22. The normalized spacial score (nSPS) is 11.7. The first-order chi connectivity index (χ1) is 12.3. The summed E-state index contributed by atoms with van der Waals surface area (Å²) < 4.78 is 37.6. The van der Waals surface area contributed by atoms with Gasteiger partial charge >= 0.3 is 6.18 Å². The molecule has 1 aromatic heterocycles. The van der Waals surface area contributed by atoms with Crippen molar-refractivity contribution in [3.8, 4) is 0 Å². The Morgan fingerprint density at radius 2 is 1.88 bits per heavy atom. The van der Waals surface area contributed by atoms with Crippen LogP contribution in [0.15, 0.2) is 42.5 Å². The highest BCUT2D eigenvalue weighted by Crippen LogP contribution is 2.29. The molecule has 0 saturated carbocycles. The molecule has 1 amide bonds. The monoisotopic (exact) mass is 361 g/mol. The summed E-state index contributed by atoms with van der Waals surface area (Å²) in [6.45, 7) is 2.02. The Labute approximate surface area is 148 Å². The number of fused-ring (bicyclic) bond motifs is 1. The van der Waals surface area contributed by atoms with Crippen molar-refractivity contribution in [2.24, 2.45) is 0 Å². The maximum Gasteiger partial charge on any atom is 0.416 e. The number of alkyl halides is 3. The molecular formula is C19H18F3N3O. The lowest BCUT2D eigenvalue weighted by molar-refractivity contribution is -0.137. The molecule has 0 aliphatic carbocycles. The van der Waals surface area contributed by atoms with Gasteiger partial charge in [-0.25, -0.2) is 4.98 Å². The minimum Gasteiger partial charge on any atom is -0.342 e. The fraction of sp³-hybridized carbons (Fsp3) is 0.263. The van der Waals surface area contributed by atoms with Crippen LogP contribution in [0, 0.1) is 0 Å². The number of aromatic amines is 1. The Balaban J connectivity index is 1.58. The zero-order valence-corrected chi connectivity index (χ0v) is 14.2. The molecule has 136 valence electrons. The maximum atomic E-state index is 12.5. The molecule has 0 spiro atoms. The lowest BCUT2D eigenvalue weighted by Crippen LogP contribution is -2.12. The number of nitrogens with one attached hydrogen (secondary N) is 2. The molecule has 0 saturated heterocycles. The molecule has 0 aliphatic rings. The maximum absolute atomic E-state index is 12.5. The molecule has 1 heterocycles. The highest BCUT2D eigenvalue weighted by atomic mass is 19.4. The average molecular weight is 361 g/mol. The first-order valence-corrected chi connectivity index (χ1v) is 8.30. The zero-order chi connectivity index (χ0) is 18.7. The van der Waals surface area contributed by atoms with E-state index >= 15 is 0 Å². The fourth-order valence-electron chi connectivity index (χ4n) is 2.66. The smallest absolute Gasteiger partial charge is 0.342 e. The van der Waals surface area contributed by atoms with E-state index < -0.39 is 11.7 Å². The van der Waals surface area contributed by atoms with E-state index in [-0.39, 0.29) is 12.3 Å². The largest absolute Gasteiger partial charge is 0.416 e. The number of rotatable bonds is 5. The fourth-order valence-corrected chi connectivity index (χ4v) is 2.66. The van der Waals surface area contributed by atoms with Gasteiger partial charge < -0.3 is 10.3 Å². The van der Waals surface area contributed by atoms with Gasteiger partial charge in [0.25, 0.3) is 0 Å². The number of hydrogen-bond acceptors (Lipinski definition) is 2. The van der Waals surface area contributed by atoms with Crippen molar-refractivity contribution in [3.05, 3.63) is 59.4 Å². The van der Waals surface area contributed by atoms with Crippen LogP contribution in [0.4, 0.5) is 18.9 Å². The second kappa shape index (κ2) is 7.19. The van der Waals surface area contributed by atoms with E-state index in [1.165, 1.54) is 12.1 Å². The standard InChI is InChI=1S/C19H18F3N3O/c1-2-17-24-15-9-3-12(11-16(15)25-17)4-10-18(26)23-14-7-5-13(6-8-14)19(20,21)22/h3,5-9,11H,2,4,10H2,1H3,(H,23,26)(H,24,25). The van der Waals surface area contributed by atoms with Gasteiger partial charge in [0.15, 0.2) is 0 Å². The number of benzene rings is 2. The molecular weight excluding hydrogens is 343 g/mol. The van der Waals surface area contributed by atoms with Gasteiger partial charge in [0.2, 0.25) is 5.91 Å². The Kier molecular flexibility index (Phi) is 4.97. The third-order valence-corrected chi connectivity index (χ3v) is 4.07. The SMILES string of the molecule is CCc1nc2ccc(CCC(=O)Nc3ccc(C(F)(F)F)cc3)cc2[nH]1. The summed E-state index contributed by atoms with van der Waals surface area (Å²) in [5.74, 6) is 0.668. The average Bonchev–Trinajstić information content (AvgIpc) is 3.02. The van der Waals surface area contributed by atoms with Crippen molar-refractivity contribution in [3.63, 3.8) is 0 Å². The van der Waals surface area contributed by atoms with Gasteiger partial charge in [-0.3, -0.25) is 4.79 Å². The summed E-state index contributed by atoms with van der Waals surface area (Å²) in [6, 6.07) is 10.2. The summed E-state index contributed by atoms with van der Waals surface area (Å²) in [4.78, 5) is 19.7. The third-order valence-electron chi connectivity index (χ3n) is 4.07. The molecule has 0 unspecified atom stereocenters. The highest BCUT2D eigenvalue weighted by molar-refractivity contribution is 5.90. The number of carbonyl (C=O) groups excluding carboxylic acids is 1. The predicted molar refractivity (Wildman–Crippen MR) is 93.9 cm³/mol. The van der Waals surface area contributed by atoms with Gasteiger partial charge in [-0.2, -0.15) is 13.2 Å². The van der Waals surface area contributed by atoms with E-state index in [0.29, 0.717) is 12.1 Å². The number of imidazole rings is 1. The van der Waals surface area contributed by atoms with Gasteiger partial charge in [-0.15, -0.1) is 0 Å². The van der Waals surface area contributed by atoms with Gasteiger partial charge in [0.05, 0.1) is 16.6 Å². The number of nitrogens with zero attached hydrogens (tertiary/aromatic N) is 1. The predicted octanol–water partition coefficient (Wildman–Crippen LogP) is 4.72. The Morgan fingerprint density at radius 3 is 2.54 bits per heavy atom. The quantitative estimate of drug-likeness (QED) is 0.691. The van der Waals surface area contributed by atoms with Crippen molar-refractivity contribution in [1.82, 2.24) is 9.97 Å².